The van der Waals surface area contributed by atoms with Crippen molar-refractivity contribution in [2.45, 2.75) is 20.3 Å². The molecule has 0 N–H and O–H groups in total. The lowest BCUT2D eigenvalue weighted by atomic mass is 10.3. The predicted molar refractivity (Wildman–Crippen MR) is 40.9 cm³/mol. The van der Waals surface area contributed by atoms with Gasteiger partial charge in [0.15, 0.2) is 0 Å². The van der Waals surface area contributed by atoms with Crippen molar-refractivity contribution in [3.8, 4) is 6.07 Å². The highest BCUT2D eigenvalue weighted by molar-refractivity contribution is 5.22. The minimum Gasteiger partial charge on any atom is -0.238 e. The Kier molecular flexibility index (Phi) is 2.17. The van der Waals surface area contributed by atoms with E-state index in [2.05, 4.69) is 9.97 Å². The number of nitrogens with zero attached hydrogens (tertiary/aromatic N) is 3. The average molecular weight is 147 g/mol. The van der Waals surface area contributed by atoms with Gasteiger partial charge in [0.25, 0.3) is 0 Å². The van der Waals surface area contributed by atoms with Gasteiger partial charge in [-0.15, -0.1) is 0 Å². The van der Waals surface area contributed by atoms with E-state index in [1.807, 2.05) is 19.9 Å². The molecule has 1 aromatic rings. The number of aryl methyl sites for hydroxylation is 2. The van der Waals surface area contributed by atoms with Crippen molar-refractivity contribution in [2.75, 3.05) is 0 Å². The molecule has 0 amide bonds. The standard InChI is InChI=1S/C8H9N3/c1-3-8-10-6(2)4-7(5-9)11-8/h4H,3H2,1-2H3. The van der Waals surface area contributed by atoms with Crippen LogP contribution >= 0.6 is 0 Å². The molecule has 11 heavy (non-hydrogen) atoms. The Morgan fingerprint density at radius 3 is 2.82 bits per heavy atom. The summed E-state index contributed by atoms with van der Waals surface area (Å²) in [6, 6.07) is 3.67. The third-order valence-corrected chi connectivity index (χ3v) is 1.33. The Bertz CT molecular complexity index is 299. The monoisotopic (exact) mass is 147 g/mol. The summed E-state index contributed by atoms with van der Waals surface area (Å²) in [5.41, 5.74) is 1.31. The van der Waals surface area contributed by atoms with E-state index in [9.17, 15) is 0 Å². The van der Waals surface area contributed by atoms with Gasteiger partial charge in [-0.05, 0) is 13.0 Å². The zero-order valence-corrected chi connectivity index (χ0v) is 6.63. The van der Waals surface area contributed by atoms with Crippen LogP contribution in [-0.2, 0) is 6.42 Å². The molecule has 0 aliphatic carbocycles. The Morgan fingerprint density at radius 2 is 2.27 bits per heavy atom. The number of hydrogen-bond donors (Lipinski definition) is 0. The molecule has 0 spiro atoms. The molecule has 0 aromatic carbocycles. The molecular formula is C8H9N3. The van der Waals surface area contributed by atoms with Crippen molar-refractivity contribution >= 4 is 0 Å². The third kappa shape index (κ3) is 1.74. The zero-order valence-electron chi connectivity index (χ0n) is 6.63. The number of rotatable bonds is 1. The zero-order chi connectivity index (χ0) is 8.27. The second-order valence-corrected chi connectivity index (χ2v) is 2.28. The van der Waals surface area contributed by atoms with Gasteiger partial charge in [-0.25, -0.2) is 9.97 Å². The van der Waals surface area contributed by atoms with Crippen molar-refractivity contribution < 1.29 is 0 Å². The van der Waals surface area contributed by atoms with Gasteiger partial charge in [0.1, 0.15) is 17.6 Å². The molecule has 0 fully saturated rings. The molecular weight excluding hydrogens is 138 g/mol. The van der Waals surface area contributed by atoms with Crippen molar-refractivity contribution in [1.82, 2.24) is 9.97 Å². The van der Waals surface area contributed by atoms with Crippen molar-refractivity contribution in [3.63, 3.8) is 0 Å². The van der Waals surface area contributed by atoms with Crippen LogP contribution in [0.25, 0.3) is 0 Å². The van der Waals surface area contributed by atoms with Gasteiger partial charge >= 0.3 is 0 Å². The van der Waals surface area contributed by atoms with E-state index in [4.69, 9.17) is 5.26 Å². The summed E-state index contributed by atoms with van der Waals surface area (Å²) in [5, 5.41) is 8.54. The summed E-state index contributed by atoms with van der Waals surface area (Å²) < 4.78 is 0. The number of aromatic nitrogens is 2. The first-order valence-electron chi connectivity index (χ1n) is 3.51. The van der Waals surface area contributed by atoms with E-state index >= 15 is 0 Å². The first kappa shape index (κ1) is 7.67. The fourth-order valence-electron chi connectivity index (χ4n) is 0.845. The van der Waals surface area contributed by atoms with Gasteiger partial charge in [-0.1, -0.05) is 6.92 Å². The van der Waals surface area contributed by atoms with E-state index in [1.54, 1.807) is 6.07 Å². The molecule has 0 saturated carbocycles. The molecule has 1 rings (SSSR count). The van der Waals surface area contributed by atoms with Crippen molar-refractivity contribution in [3.05, 3.63) is 23.3 Å². The summed E-state index contributed by atoms with van der Waals surface area (Å²) in [5.74, 6) is 0.738. The normalized spacial score (nSPS) is 9.18. The Morgan fingerprint density at radius 1 is 1.55 bits per heavy atom. The topological polar surface area (TPSA) is 49.6 Å². The second-order valence-electron chi connectivity index (χ2n) is 2.28. The quantitative estimate of drug-likeness (QED) is 0.600. The van der Waals surface area contributed by atoms with E-state index in [1.165, 1.54) is 0 Å². The minimum atomic E-state index is 0.453. The van der Waals surface area contributed by atoms with Crippen molar-refractivity contribution in [2.24, 2.45) is 0 Å². The molecule has 1 aromatic heterocycles. The molecule has 0 radical (unpaired) electrons. The van der Waals surface area contributed by atoms with Gasteiger partial charge in [0, 0.05) is 12.1 Å². The van der Waals surface area contributed by atoms with Crippen LogP contribution in [-0.4, -0.2) is 9.97 Å². The SMILES string of the molecule is CCc1nc(C)cc(C#N)n1. The summed E-state index contributed by atoms with van der Waals surface area (Å²) in [7, 11) is 0. The van der Waals surface area contributed by atoms with Crippen LogP contribution < -0.4 is 0 Å². The van der Waals surface area contributed by atoms with Crippen LogP contribution in [0.1, 0.15) is 24.1 Å². The predicted octanol–water partition coefficient (Wildman–Crippen LogP) is 1.22. The van der Waals surface area contributed by atoms with Gasteiger partial charge in [-0.2, -0.15) is 5.26 Å². The van der Waals surface area contributed by atoms with Crippen LogP contribution in [0, 0.1) is 18.3 Å². The smallest absolute Gasteiger partial charge is 0.144 e. The molecule has 0 bridgehead atoms. The lowest BCUT2D eigenvalue weighted by Gasteiger charge is -1.96. The maximum Gasteiger partial charge on any atom is 0.144 e. The number of nitriles is 1. The van der Waals surface area contributed by atoms with Gasteiger partial charge in [0.2, 0.25) is 0 Å². The molecule has 1 heterocycles. The Hall–Kier alpha value is -1.43. The Labute approximate surface area is 65.7 Å². The molecule has 0 atom stereocenters. The highest BCUT2D eigenvalue weighted by Gasteiger charge is 1.97. The summed E-state index contributed by atoms with van der Waals surface area (Å²) in [6.07, 6.45) is 0.774. The average Bonchev–Trinajstić information content (AvgIpc) is 2.03. The summed E-state index contributed by atoms with van der Waals surface area (Å²) in [6.45, 7) is 3.83. The van der Waals surface area contributed by atoms with Crippen LogP contribution in [0.5, 0.6) is 0 Å². The van der Waals surface area contributed by atoms with Crippen LogP contribution in [0.4, 0.5) is 0 Å². The van der Waals surface area contributed by atoms with E-state index in [0.717, 1.165) is 17.9 Å². The lowest BCUT2D eigenvalue weighted by molar-refractivity contribution is 0.909. The molecule has 0 aliphatic heterocycles. The van der Waals surface area contributed by atoms with E-state index < -0.39 is 0 Å². The minimum absolute atomic E-state index is 0.453. The van der Waals surface area contributed by atoms with Gasteiger partial charge in [-0.3, -0.25) is 0 Å². The maximum atomic E-state index is 8.54. The van der Waals surface area contributed by atoms with Crippen molar-refractivity contribution in [1.29, 1.82) is 5.26 Å². The molecule has 0 saturated heterocycles. The van der Waals surface area contributed by atoms with Crippen LogP contribution in [0.15, 0.2) is 6.07 Å². The Balaban J connectivity index is 3.15. The molecule has 0 aliphatic rings. The van der Waals surface area contributed by atoms with Gasteiger partial charge in [0.05, 0.1) is 0 Å². The fourth-order valence-corrected chi connectivity index (χ4v) is 0.845. The first-order valence-corrected chi connectivity index (χ1v) is 3.51. The first-order chi connectivity index (χ1) is 5.26. The molecule has 56 valence electrons. The highest BCUT2D eigenvalue weighted by Crippen LogP contribution is 1.99. The summed E-state index contributed by atoms with van der Waals surface area (Å²) >= 11 is 0. The molecule has 3 heteroatoms. The summed E-state index contributed by atoms with van der Waals surface area (Å²) in [4.78, 5) is 8.14. The largest absolute Gasteiger partial charge is 0.238 e. The lowest BCUT2D eigenvalue weighted by Crippen LogP contribution is -1.97. The maximum absolute atomic E-state index is 8.54. The highest BCUT2D eigenvalue weighted by atomic mass is 14.9. The van der Waals surface area contributed by atoms with Crippen LogP contribution in [0.3, 0.4) is 0 Å². The molecule has 0 unspecified atom stereocenters. The van der Waals surface area contributed by atoms with Crippen LogP contribution in [0.2, 0.25) is 0 Å². The van der Waals surface area contributed by atoms with Gasteiger partial charge < -0.3 is 0 Å². The second kappa shape index (κ2) is 3.11. The van der Waals surface area contributed by atoms with E-state index in [-0.39, 0.29) is 0 Å². The third-order valence-electron chi connectivity index (χ3n) is 1.33. The fraction of sp³-hybridized carbons (Fsp3) is 0.375. The number of hydrogen-bond acceptors (Lipinski definition) is 3. The van der Waals surface area contributed by atoms with E-state index in [0.29, 0.717) is 5.69 Å². The molecule has 3 nitrogen and oxygen atoms in total.